The SMILES string of the molecule is O=C1CCCN2C(=N1)SC(=S)N2CN1C[C@H]2C[C@H](C1)c1cccc(=O)n1C2. The molecular weight excluding hydrogens is 382 g/mol. The summed E-state index contributed by atoms with van der Waals surface area (Å²) in [5.74, 6) is 0.812. The molecule has 7 nitrogen and oxygen atoms in total. The minimum Gasteiger partial charge on any atom is -0.312 e. The van der Waals surface area contributed by atoms with Crippen molar-refractivity contribution in [3.8, 4) is 0 Å². The first-order valence-corrected chi connectivity index (χ1v) is 10.6. The van der Waals surface area contributed by atoms with Crippen molar-refractivity contribution in [2.24, 2.45) is 10.9 Å². The first-order valence-electron chi connectivity index (χ1n) is 9.39. The van der Waals surface area contributed by atoms with Gasteiger partial charge in [-0.1, -0.05) is 18.3 Å². The zero-order chi connectivity index (χ0) is 18.5. The predicted octanol–water partition coefficient (Wildman–Crippen LogP) is 1.45. The van der Waals surface area contributed by atoms with Crippen LogP contribution >= 0.6 is 24.0 Å². The van der Waals surface area contributed by atoms with E-state index in [2.05, 4.69) is 26.0 Å². The number of thioether (sulfide) groups is 1. The fourth-order valence-corrected chi connectivity index (χ4v) is 5.90. The molecule has 0 N–H and O–H groups in total. The lowest BCUT2D eigenvalue weighted by molar-refractivity contribution is -0.117. The Hall–Kier alpha value is -1.71. The predicted molar refractivity (Wildman–Crippen MR) is 108 cm³/mol. The van der Waals surface area contributed by atoms with Crippen LogP contribution in [0.3, 0.4) is 0 Å². The van der Waals surface area contributed by atoms with Crippen molar-refractivity contribution in [1.82, 2.24) is 19.5 Å². The van der Waals surface area contributed by atoms with Crippen molar-refractivity contribution < 1.29 is 4.79 Å². The zero-order valence-electron chi connectivity index (χ0n) is 14.9. The summed E-state index contributed by atoms with van der Waals surface area (Å²) in [4.78, 5) is 30.6. The lowest BCUT2D eigenvalue weighted by Crippen LogP contribution is -2.53. The third-order valence-corrected chi connectivity index (χ3v) is 7.10. The number of amidine groups is 1. The largest absolute Gasteiger partial charge is 0.312 e. The fourth-order valence-electron chi connectivity index (χ4n) is 4.66. The molecule has 4 aliphatic rings. The Kier molecular flexibility index (Phi) is 4.33. The van der Waals surface area contributed by atoms with E-state index in [1.54, 1.807) is 6.07 Å². The van der Waals surface area contributed by atoms with Crippen LogP contribution in [0.25, 0.3) is 0 Å². The molecule has 142 valence electrons. The third kappa shape index (κ3) is 3.11. The molecule has 2 bridgehead atoms. The van der Waals surface area contributed by atoms with E-state index < -0.39 is 0 Å². The average Bonchev–Trinajstić information content (AvgIpc) is 2.80. The summed E-state index contributed by atoms with van der Waals surface area (Å²) in [6.07, 6.45) is 2.44. The highest BCUT2D eigenvalue weighted by Crippen LogP contribution is 2.36. The molecule has 0 unspecified atom stereocenters. The van der Waals surface area contributed by atoms with Gasteiger partial charge in [0.05, 0.1) is 6.67 Å². The summed E-state index contributed by atoms with van der Waals surface area (Å²) < 4.78 is 2.72. The Balaban J connectivity index is 1.35. The summed E-state index contributed by atoms with van der Waals surface area (Å²) in [6.45, 7) is 4.16. The number of likely N-dealkylation sites (tertiary alicyclic amines) is 1. The lowest BCUT2D eigenvalue weighted by atomic mass is 9.83. The van der Waals surface area contributed by atoms with Crippen molar-refractivity contribution in [2.45, 2.75) is 31.7 Å². The Morgan fingerprint density at radius 3 is 3.00 bits per heavy atom. The molecule has 5 rings (SSSR count). The van der Waals surface area contributed by atoms with Crippen LogP contribution in [0.2, 0.25) is 0 Å². The van der Waals surface area contributed by atoms with Gasteiger partial charge in [-0.25, -0.2) is 0 Å². The summed E-state index contributed by atoms with van der Waals surface area (Å²) in [6, 6.07) is 5.62. The van der Waals surface area contributed by atoms with E-state index in [1.807, 2.05) is 10.6 Å². The maximum absolute atomic E-state index is 12.2. The summed E-state index contributed by atoms with van der Waals surface area (Å²) in [7, 11) is 0. The molecule has 0 aliphatic carbocycles. The topological polar surface area (TPSA) is 61.2 Å². The van der Waals surface area contributed by atoms with Crippen LogP contribution in [0, 0.1) is 5.92 Å². The van der Waals surface area contributed by atoms with E-state index in [9.17, 15) is 9.59 Å². The second-order valence-electron chi connectivity index (χ2n) is 7.66. The maximum atomic E-state index is 12.2. The Morgan fingerprint density at radius 1 is 1.22 bits per heavy atom. The molecule has 5 heterocycles. The zero-order valence-corrected chi connectivity index (χ0v) is 16.5. The van der Waals surface area contributed by atoms with Crippen LogP contribution in [0.4, 0.5) is 0 Å². The minimum absolute atomic E-state index is 0.0563. The van der Waals surface area contributed by atoms with Crippen LogP contribution in [0.5, 0.6) is 0 Å². The molecule has 0 spiro atoms. The molecule has 9 heteroatoms. The molecule has 2 atom stereocenters. The van der Waals surface area contributed by atoms with Crippen molar-refractivity contribution in [3.05, 3.63) is 34.2 Å². The Bertz CT molecular complexity index is 898. The number of nitrogens with zero attached hydrogens (tertiary/aromatic N) is 5. The van der Waals surface area contributed by atoms with Gasteiger partial charge in [0.2, 0.25) is 5.91 Å². The molecule has 1 amide bonds. The summed E-state index contributed by atoms with van der Waals surface area (Å²) >= 11 is 6.99. The number of amides is 1. The minimum atomic E-state index is -0.0563. The second kappa shape index (κ2) is 6.72. The normalized spacial score (nSPS) is 27.9. The molecule has 4 aliphatic heterocycles. The smallest absolute Gasteiger partial charge is 0.250 e. The molecular formula is C18H21N5O2S2. The van der Waals surface area contributed by atoms with Crippen LogP contribution in [0.15, 0.2) is 28.0 Å². The van der Waals surface area contributed by atoms with Crippen LogP contribution in [-0.4, -0.2) is 61.2 Å². The number of thiocarbonyl (C=S) groups is 1. The van der Waals surface area contributed by atoms with E-state index in [1.165, 1.54) is 11.8 Å². The number of carbonyl (C=O) groups excluding carboxylic acids is 1. The number of aromatic nitrogens is 1. The lowest BCUT2D eigenvalue weighted by Gasteiger charge is -2.44. The number of fused-ring (bicyclic) bond motifs is 5. The summed E-state index contributed by atoms with van der Waals surface area (Å²) in [5, 5.41) is 4.88. The van der Waals surface area contributed by atoms with Crippen LogP contribution < -0.4 is 5.56 Å². The van der Waals surface area contributed by atoms with Gasteiger partial charge in [-0.3, -0.25) is 24.5 Å². The third-order valence-electron chi connectivity index (χ3n) is 5.77. The van der Waals surface area contributed by atoms with E-state index in [0.29, 0.717) is 24.9 Å². The highest BCUT2D eigenvalue weighted by Gasteiger charge is 2.39. The molecule has 0 radical (unpaired) electrons. The van der Waals surface area contributed by atoms with Crippen molar-refractivity contribution in [1.29, 1.82) is 0 Å². The first kappa shape index (κ1) is 17.4. The van der Waals surface area contributed by atoms with Gasteiger partial charge in [-0.2, -0.15) is 4.99 Å². The van der Waals surface area contributed by atoms with E-state index >= 15 is 0 Å². The standard InChI is InChI=1S/C18H21N5O2S2/c24-15-4-2-6-22-17(19-15)27-18(26)23(22)11-20-8-12-7-13(10-20)14-3-1-5-16(25)21(14)9-12/h1,3,5,12-13H,2,4,6-11H2/t12-,13-/m1/s1. The molecule has 27 heavy (non-hydrogen) atoms. The Morgan fingerprint density at radius 2 is 2.11 bits per heavy atom. The molecule has 2 fully saturated rings. The number of aliphatic imine (C=N–C) groups is 1. The van der Waals surface area contributed by atoms with E-state index in [0.717, 1.165) is 54.2 Å². The highest BCUT2D eigenvalue weighted by atomic mass is 32.2. The maximum Gasteiger partial charge on any atom is 0.250 e. The molecule has 2 saturated heterocycles. The fraction of sp³-hybridized carbons (Fsp3) is 0.556. The monoisotopic (exact) mass is 403 g/mol. The van der Waals surface area contributed by atoms with Crippen LogP contribution in [-0.2, 0) is 11.3 Å². The van der Waals surface area contributed by atoms with Gasteiger partial charge in [-0.15, -0.1) is 0 Å². The number of piperidine rings is 1. The number of hydrazine groups is 1. The first-order chi connectivity index (χ1) is 13.1. The average molecular weight is 404 g/mol. The Labute approximate surface area is 167 Å². The molecule has 0 aromatic carbocycles. The number of rotatable bonds is 2. The second-order valence-corrected chi connectivity index (χ2v) is 9.26. The van der Waals surface area contributed by atoms with Gasteiger partial charge in [0.1, 0.15) is 0 Å². The number of hydrogen-bond donors (Lipinski definition) is 0. The van der Waals surface area contributed by atoms with Crippen LogP contribution in [0.1, 0.15) is 30.9 Å². The van der Waals surface area contributed by atoms with Gasteiger partial charge in [0.15, 0.2) is 9.49 Å². The van der Waals surface area contributed by atoms with Crippen molar-refractivity contribution >= 4 is 39.4 Å². The molecule has 0 saturated carbocycles. The van der Waals surface area contributed by atoms with Gasteiger partial charge in [0, 0.05) is 50.3 Å². The highest BCUT2D eigenvalue weighted by molar-refractivity contribution is 8.33. The van der Waals surface area contributed by atoms with E-state index in [4.69, 9.17) is 12.2 Å². The van der Waals surface area contributed by atoms with Crippen molar-refractivity contribution in [3.63, 3.8) is 0 Å². The number of hydrogen-bond acceptors (Lipinski definition) is 6. The van der Waals surface area contributed by atoms with E-state index in [-0.39, 0.29) is 11.5 Å². The molecule has 1 aromatic heterocycles. The quantitative estimate of drug-likeness (QED) is 0.693. The number of pyridine rings is 1. The van der Waals surface area contributed by atoms with Gasteiger partial charge < -0.3 is 4.57 Å². The van der Waals surface area contributed by atoms with Gasteiger partial charge in [-0.05, 0) is 36.6 Å². The van der Waals surface area contributed by atoms with Crippen molar-refractivity contribution in [2.75, 3.05) is 26.3 Å². The molecule has 1 aromatic rings. The van der Waals surface area contributed by atoms with Gasteiger partial charge in [0.25, 0.3) is 5.56 Å². The van der Waals surface area contributed by atoms with Gasteiger partial charge >= 0.3 is 0 Å². The number of carbonyl (C=O) groups is 1. The summed E-state index contributed by atoms with van der Waals surface area (Å²) in [5.41, 5.74) is 1.27.